The lowest BCUT2D eigenvalue weighted by atomic mass is 10.2. The Balaban J connectivity index is 2.06. The fourth-order valence-electron chi connectivity index (χ4n) is 1.97. The number of aromatic nitrogens is 1. The van der Waals surface area contributed by atoms with Crippen LogP contribution < -0.4 is 11.3 Å². The monoisotopic (exact) mass is 250 g/mol. The van der Waals surface area contributed by atoms with Crippen molar-refractivity contribution in [2.45, 2.75) is 19.5 Å². The van der Waals surface area contributed by atoms with Gasteiger partial charge in [0.2, 0.25) is 0 Å². The Bertz CT molecular complexity index is 424. The normalized spacial score (nSPS) is 20.7. The number of carbonyl (C=O) groups excluding carboxylic acids is 1. The zero-order valence-corrected chi connectivity index (χ0v) is 10.4. The van der Waals surface area contributed by atoms with E-state index in [0.29, 0.717) is 11.7 Å². The molecule has 1 aliphatic heterocycles. The Morgan fingerprint density at radius 2 is 2.50 bits per heavy atom. The zero-order valence-electron chi connectivity index (χ0n) is 10.4. The van der Waals surface area contributed by atoms with Gasteiger partial charge in [0.15, 0.2) is 0 Å². The molecule has 1 aromatic rings. The van der Waals surface area contributed by atoms with Crippen LogP contribution in [0.1, 0.15) is 23.1 Å². The summed E-state index contributed by atoms with van der Waals surface area (Å²) in [7, 11) is 0. The third kappa shape index (κ3) is 3.04. The number of nitrogens with two attached hydrogens (primary N) is 1. The van der Waals surface area contributed by atoms with E-state index in [2.05, 4.69) is 22.2 Å². The molecule has 6 heteroatoms. The quantitative estimate of drug-likeness (QED) is 0.445. The highest BCUT2D eigenvalue weighted by Crippen LogP contribution is 2.11. The highest BCUT2D eigenvalue weighted by atomic mass is 16.5. The molecular weight excluding hydrogens is 232 g/mol. The molecule has 1 aromatic heterocycles. The van der Waals surface area contributed by atoms with Crippen LogP contribution in [0.3, 0.4) is 0 Å². The molecule has 1 unspecified atom stereocenters. The average molecular weight is 250 g/mol. The number of nitrogens with zero attached hydrogens (tertiary/aromatic N) is 2. The van der Waals surface area contributed by atoms with E-state index in [1.807, 2.05) is 12.1 Å². The van der Waals surface area contributed by atoms with Crippen LogP contribution >= 0.6 is 0 Å². The second-order valence-corrected chi connectivity index (χ2v) is 4.38. The number of hydrogen-bond acceptors (Lipinski definition) is 5. The van der Waals surface area contributed by atoms with Crippen LogP contribution in [0.15, 0.2) is 18.2 Å². The van der Waals surface area contributed by atoms with Crippen LogP contribution in [0.4, 0.5) is 0 Å². The van der Waals surface area contributed by atoms with Gasteiger partial charge in [0.05, 0.1) is 18.9 Å². The van der Waals surface area contributed by atoms with Crippen molar-refractivity contribution < 1.29 is 9.53 Å². The molecular formula is C12H18N4O2. The Morgan fingerprint density at radius 1 is 1.67 bits per heavy atom. The van der Waals surface area contributed by atoms with E-state index in [4.69, 9.17) is 10.6 Å². The zero-order chi connectivity index (χ0) is 13.0. The topological polar surface area (TPSA) is 80.5 Å². The first kappa shape index (κ1) is 12.9. The molecule has 98 valence electrons. The van der Waals surface area contributed by atoms with Crippen molar-refractivity contribution in [2.75, 3.05) is 19.8 Å². The minimum atomic E-state index is -0.369. The van der Waals surface area contributed by atoms with Crippen LogP contribution in [0.5, 0.6) is 0 Å². The Morgan fingerprint density at radius 3 is 3.22 bits per heavy atom. The van der Waals surface area contributed by atoms with E-state index in [0.717, 1.165) is 32.0 Å². The Hall–Kier alpha value is -1.50. The van der Waals surface area contributed by atoms with Crippen molar-refractivity contribution in [2.24, 2.45) is 5.84 Å². The number of nitrogen functional groups attached to an aromatic ring is 1. The minimum absolute atomic E-state index is 0.343. The molecule has 3 N–H and O–H groups in total. The van der Waals surface area contributed by atoms with Gasteiger partial charge in [-0.2, -0.15) is 0 Å². The second kappa shape index (κ2) is 5.90. The van der Waals surface area contributed by atoms with Crippen LogP contribution in [-0.2, 0) is 11.3 Å². The van der Waals surface area contributed by atoms with Gasteiger partial charge in [-0.1, -0.05) is 6.07 Å². The third-order valence-electron chi connectivity index (χ3n) is 3.04. The fourth-order valence-corrected chi connectivity index (χ4v) is 1.97. The largest absolute Gasteiger partial charge is 0.379 e. The lowest BCUT2D eigenvalue weighted by Crippen LogP contribution is -2.43. The standard InChI is InChI=1S/C12H18N4O2/c1-9-8-18-6-5-16(9)7-10-3-2-4-11(14-10)12(17)15-13/h2-4,9H,5-8,13H2,1H3,(H,15,17). The van der Waals surface area contributed by atoms with Gasteiger partial charge in [-0.3, -0.25) is 15.1 Å². The molecule has 0 bridgehead atoms. The maximum atomic E-state index is 11.4. The number of nitrogens with one attached hydrogen (secondary N) is 1. The number of pyridine rings is 1. The summed E-state index contributed by atoms with van der Waals surface area (Å²) in [5.41, 5.74) is 3.29. The van der Waals surface area contributed by atoms with Crippen LogP contribution in [0.2, 0.25) is 0 Å². The molecule has 1 aliphatic rings. The highest BCUT2D eigenvalue weighted by molar-refractivity contribution is 5.91. The highest BCUT2D eigenvalue weighted by Gasteiger charge is 2.19. The van der Waals surface area contributed by atoms with Gasteiger partial charge in [-0.25, -0.2) is 10.8 Å². The number of hydrogen-bond donors (Lipinski definition) is 2. The number of rotatable bonds is 3. The maximum Gasteiger partial charge on any atom is 0.283 e. The first-order valence-corrected chi connectivity index (χ1v) is 5.99. The van der Waals surface area contributed by atoms with Crippen molar-refractivity contribution in [3.63, 3.8) is 0 Å². The van der Waals surface area contributed by atoms with Crippen LogP contribution in [-0.4, -0.2) is 41.6 Å². The minimum Gasteiger partial charge on any atom is -0.379 e. The SMILES string of the molecule is CC1COCCN1Cc1cccc(C(=O)NN)n1. The summed E-state index contributed by atoms with van der Waals surface area (Å²) in [5.74, 6) is 4.73. The Labute approximate surface area is 106 Å². The van der Waals surface area contributed by atoms with Crippen molar-refractivity contribution in [3.8, 4) is 0 Å². The predicted molar refractivity (Wildman–Crippen MR) is 66.6 cm³/mol. The lowest BCUT2D eigenvalue weighted by Gasteiger charge is -2.32. The van der Waals surface area contributed by atoms with Crippen molar-refractivity contribution in [3.05, 3.63) is 29.6 Å². The molecule has 2 heterocycles. The van der Waals surface area contributed by atoms with E-state index < -0.39 is 0 Å². The number of amides is 1. The number of hydrazine groups is 1. The molecule has 1 atom stereocenters. The van der Waals surface area contributed by atoms with Crippen molar-refractivity contribution >= 4 is 5.91 Å². The molecule has 2 rings (SSSR count). The summed E-state index contributed by atoms with van der Waals surface area (Å²) in [4.78, 5) is 18.0. The van der Waals surface area contributed by atoms with Gasteiger partial charge in [-0.15, -0.1) is 0 Å². The van der Waals surface area contributed by atoms with Gasteiger partial charge < -0.3 is 4.74 Å². The summed E-state index contributed by atoms with van der Waals surface area (Å²) >= 11 is 0. The van der Waals surface area contributed by atoms with E-state index in [-0.39, 0.29) is 5.91 Å². The first-order valence-electron chi connectivity index (χ1n) is 5.99. The van der Waals surface area contributed by atoms with E-state index in [9.17, 15) is 4.79 Å². The summed E-state index contributed by atoms with van der Waals surface area (Å²) in [5, 5.41) is 0. The Kier molecular flexibility index (Phi) is 4.24. The lowest BCUT2D eigenvalue weighted by molar-refractivity contribution is -0.00492. The number of carbonyl (C=O) groups is 1. The molecule has 0 aromatic carbocycles. The van der Waals surface area contributed by atoms with Gasteiger partial charge in [0.25, 0.3) is 5.91 Å². The molecule has 1 fully saturated rings. The maximum absolute atomic E-state index is 11.4. The molecule has 0 radical (unpaired) electrons. The van der Waals surface area contributed by atoms with E-state index in [1.54, 1.807) is 6.07 Å². The fraction of sp³-hybridized carbons (Fsp3) is 0.500. The molecule has 1 amide bonds. The molecule has 18 heavy (non-hydrogen) atoms. The molecule has 0 spiro atoms. The van der Waals surface area contributed by atoms with Crippen LogP contribution in [0, 0.1) is 0 Å². The van der Waals surface area contributed by atoms with E-state index >= 15 is 0 Å². The molecule has 6 nitrogen and oxygen atoms in total. The third-order valence-corrected chi connectivity index (χ3v) is 3.04. The van der Waals surface area contributed by atoms with Crippen molar-refractivity contribution in [1.29, 1.82) is 0 Å². The summed E-state index contributed by atoms with van der Waals surface area (Å²) < 4.78 is 5.39. The number of morpholine rings is 1. The molecule has 0 saturated carbocycles. The van der Waals surface area contributed by atoms with Gasteiger partial charge in [0.1, 0.15) is 5.69 Å². The van der Waals surface area contributed by atoms with Crippen LogP contribution in [0.25, 0.3) is 0 Å². The average Bonchev–Trinajstić information content (AvgIpc) is 2.41. The summed E-state index contributed by atoms with van der Waals surface area (Å²) in [6, 6.07) is 5.75. The van der Waals surface area contributed by atoms with Gasteiger partial charge in [-0.05, 0) is 19.1 Å². The predicted octanol–water partition coefficient (Wildman–Crippen LogP) is -0.0942. The van der Waals surface area contributed by atoms with Gasteiger partial charge >= 0.3 is 0 Å². The first-order chi connectivity index (χ1) is 8.70. The summed E-state index contributed by atoms with van der Waals surface area (Å²) in [6.07, 6.45) is 0. The smallest absolute Gasteiger partial charge is 0.283 e. The van der Waals surface area contributed by atoms with Gasteiger partial charge in [0, 0.05) is 19.1 Å². The van der Waals surface area contributed by atoms with Crippen molar-refractivity contribution in [1.82, 2.24) is 15.3 Å². The number of ether oxygens (including phenoxy) is 1. The molecule has 1 saturated heterocycles. The molecule has 0 aliphatic carbocycles. The second-order valence-electron chi connectivity index (χ2n) is 4.38. The van der Waals surface area contributed by atoms with E-state index in [1.165, 1.54) is 0 Å². The summed E-state index contributed by atoms with van der Waals surface area (Å²) in [6.45, 7) is 5.21.